The highest BCUT2D eigenvalue weighted by molar-refractivity contribution is 6.01. The summed E-state index contributed by atoms with van der Waals surface area (Å²) >= 11 is 0. The van der Waals surface area contributed by atoms with Gasteiger partial charge in [0, 0.05) is 38.3 Å². The second kappa shape index (κ2) is 14.5. The van der Waals surface area contributed by atoms with Crippen LogP contribution in [0.15, 0.2) is 47.7 Å². The molecule has 2 fully saturated rings. The minimum atomic E-state index is -1.41. The van der Waals surface area contributed by atoms with E-state index in [0.717, 1.165) is 61.5 Å². The number of phenols is 1. The van der Waals surface area contributed by atoms with E-state index >= 15 is 0 Å². The number of hydrogen-bond acceptors (Lipinski definition) is 7. The van der Waals surface area contributed by atoms with E-state index in [1.54, 1.807) is 6.07 Å². The Kier molecular flexibility index (Phi) is 11.0. The molecular weight excluding hydrogens is 617 g/mol. The summed E-state index contributed by atoms with van der Waals surface area (Å²) in [5.74, 6) is -3.57. The molecule has 2 aliphatic heterocycles. The maximum absolute atomic E-state index is 14.3. The minimum Gasteiger partial charge on any atom is -0.508 e. The summed E-state index contributed by atoms with van der Waals surface area (Å²) in [6.07, 6.45) is 4.00. The predicted molar refractivity (Wildman–Crippen MR) is 159 cm³/mol. The van der Waals surface area contributed by atoms with Gasteiger partial charge in [-0.2, -0.15) is 0 Å². The molecule has 2 heterocycles. The van der Waals surface area contributed by atoms with Crippen molar-refractivity contribution >= 4 is 30.4 Å². The van der Waals surface area contributed by atoms with Gasteiger partial charge in [-0.05, 0) is 67.3 Å². The molecule has 0 bridgehead atoms. The third kappa shape index (κ3) is 7.21. The maximum Gasteiger partial charge on any atom is 0.338 e. The summed E-state index contributed by atoms with van der Waals surface area (Å²) in [7, 11) is 2.48. The highest BCUT2D eigenvalue weighted by Crippen LogP contribution is 2.40. The zero-order chi connectivity index (χ0) is 31.5. The molecule has 2 aromatic carbocycles. The lowest BCUT2D eigenvalue weighted by molar-refractivity contribution is -0.137. The van der Waals surface area contributed by atoms with Crippen molar-refractivity contribution in [3.8, 4) is 5.75 Å². The van der Waals surface area contributed by atoms with Gasteiger partial charge in [0.2, 0.25) is 0 Å². The molecular formula is C31H36ClF3N4O6. The van der Waals surface area contributed by atoms with Crippen LogP contribution in [-0.2, 0) is 14.3 Å². The van der Waals surface area contributed by atoms with Crippen LogP contribution >= 0.6 is 12.4 Å². The molecule has 1 aliphatic carbocycles. The van der Waals surface area contributed by atoms with Crippen LogP contribution in [0.3, 0.4) is 0 Å². The van der Waals surface area contributed by atoms with Crippen LogP contribution in [0.2, 0.25) is 0 Å². The number of likely N-dealkylation sites (tertiary alicyclic amines) is 1. The van der Waals surface area contributed by atoms with E-state index in [2.05, 4.69) is 15.5 Å². The number of amides is 4. The van der Waals surface area contributed by atoms with Crippen LogP contribution in [0.4, 0.5) is 22.8 Å². The van der Waals surface area contributed by atoms with Gasteiger partial charge in [-0.25, -0.2) is 32.5 Å². The Morgan fingerprint density at radius 3 is 2.40 bits per heavy atom. The van der Waals surface area contributed by atoms with E-state index in [0.29, 0.717) is 19.5 Å². The molecule has 14 heteroatoms. The standard InChI is InChI=1S/C31H35F3N4O6.ClH/c1-43-16-25-27(29(40)44-2)28(18-5-10-23(33)24(34)13-18)38(31(42)36-25)30(41)35-20-11-12-37(15-20)21-7-3-17(4-8-21)22-9-6-19(32)14-26(22)39;/h5-6,9-10,13-14,17,20-21,28,39H,3-4,7-8,11-12,15-16H2,1-2H3,(H,35,41)(H,36,42);1H/t17?,20-,21?,28+;/m1./s1. The first-order valence-electron chi connectivity index (χ1n) is 14.5. The normalized spacial score (nSPS) is 23.8. The molecule has 3 N–H and O–H groups in total. The summed E-state index contributed by atoms with van der Waals surface area (Å²) in [5.41, 5.74) is 0.646. The number of methoxy groups -OCH3 is 2. The van der Waals surface area contributed by atoms with Gasteiger partial charge in [-0.1, -0.05) is 12.1 Å². The fourth-order valence-corrected chi connectivity index (χ4v) is 6.57. The minimum absolute atomic E-state index is 0. The highest BCUT2D eigenvalue weighted by atomic mass is 35.5. The van der Waals surface area contributed by atoms with Gasteiger partial charge < -0.3 is 25.2 Å². The van der Waals surface area contributed by atoms with Crippen molar-refractivity contribution in [2.45, 2.75) is 56.1 Å². The van der Waals surface area contributed by atoms with Gasteiger partial charge in [-0.3, -0.25) is 4.90 Å². The van der Waals surface area contributed by atoms with Crippen LogP contribution in [-0.4, -0.2) is 78.9 Å². The van der Waals surface area contributed by atoms with Crippen molar-refractivity contribution in [3.63, 3.8) is 0 Å². The molecule has 5 rings (SSSR count). The fraction of sp³-hybridized carbons (Fsp3) is 0.452. The van der Waals surface area contributed by atoms with Crippen molar-refractivity contribution in [2.24, 2.45) is 0 Å². The number of hydrogen-bond donors (Lipinski definition) is 3. The molecule has 4 amide bonds. The topological polar surface area (TPSA) is 120 Å². The Labute approximate surface area is 264 Å². The van der Waals surface area contributed by atoms with Gasteiger partial charge in [0.05, 0.1) is 25.0 Å². The molecule has 0 spiro atoms. The number of aromatic hydroxyl groups is 1. The Balaban J connectivity index is 0.00000461. The zero-order valence-electron chi connectivity index (χ0n) is 24.9. The number of esters is 1. The number of rotatable bonds is 7. The summed E-state index contributed by atoms with van der Waals surface area (Å²) < 4.78 is 51.6. The monoisotopic (exact) mass is 652 g/mol. The van der Waals surface area contributed by atoms with Crippen molar-refractivity contribution in [1.29, 1.82) is 0 Å². The van der Waals surface area contributed by atoms with Crippen molar-refractivity contribution in [1.82, 2.24) is 20.4 Å². The molecule has 2 atom stereocenters. The SMILES string of the molecule is COCC1=C(C(=O)OC)[C@H](c2ccc(F)c(F)c2)N(C(=O)N[C@@H]2CCN(C3CCC(c4ccc(F)cc4O)CC3)C2)C(=O)N1.Cl. The number of imide groups is 1. The molecule has 0 unspecified atom stereocenters. The predicted octanol–water partition coefficient (Wildman–Crippen LogP) is 4.88. The van der Waals surface area contributed by atoms with E-state index in [-0.39, 0.29) is 59.6 Å². The van der Waals surface area contributed by atoms with E-state index in [4.69, 9.17) is 9.47 Å². The lowest BCUT2D eigenvalue weighted by Crippen LogP contribution is -2.56. The molecule has 1 saturated carbocycles. The number of nitrogens with zero attached hydrogens (tertiary/aromatic N) is 2. The molecule has 1 saturated heterocycles. The molecule has 3 aliphatic rings. The Morgan fingerprint density at radius 2 is 1.76 bits per heavy atom. The third-order valence-corrected chi connectivity index (χ3v) is 8.70. The molecule has 2 aromatic rings. The van der Waals surface area contributed by atoms with Crippen LogP contribution in [0.25, 0.3) is 0 Å². The van der Waals surface area contributed by atoms with E-state index in [1.165, 1.54) is 19.2 Å². The second-order valence-electron chi connectivity index (χ2n) is 11.3. The van der Waals surface area contributed by atoms with E-state index < -0.39 is 41.5 Å². The zero-order valence-corrected chi connectivity index (χ0v) is 25.7. The van der Waals surface area contributed by atoms with Gasteiger partial charge in [-0.15, -0.1) is 12.4 Å². The quantitative estimate of drug-likeness (QED) is 0.365. The number of carbonyl (C=O) groups excluding carboxylic acids is 3. The average Bonchev–Trinajstić information content (AvgIpc) is 3.46. The summed E-state index contributed by atoms with van der Waals surface area (Å²) in [6, 6.07) is 3.90. The summed E-state index contributed by atoms with van der Waals surface area (Å²) in [5, 5.41) is 15.6. The van der Waals surface area contributed by atoms with Gasteiger partial charge >= 0.3 is 18.0 Å². The number of urea groups is 2. The second-order valence-corrected chi connectivity index (χ2v) is 11.3. The lowest BCUT2D eigenvalue weighted by Gasteiger charge is -2.37. The number of ether oxygens (including phenoxy) is 2. The van der Waals surface area contributed by atoms with Gasteiger partial charge in [0.1, 0.15) is 17.6 Å². The Morgan fingerprint density at radius 1 is 1.02 bits per heavy atom. The number of nitrogens with one attached hydrogen (secondary N) is 2. The smallest absolute Gasteiger partial charge is 0.338 e. The number of halogens is 4. The van der Waals surface area contributed by atoms with Crippen molar-refractivity contribution < 1.29 is 42.1 Å². The average molecular weight is 653 g/mol. The molecule has 10 nitrogen and oxygen atoms in total. The maximum atomic E-state index is 14.3. The summed E-state index contributed by atoms with van der Waals surface area (Å²) in [6.45, 7) is 1.04. The van der Waals surface area contributed by atoms with E-state index in [1.807, 2.05) is 0 Å². The van der Waals surface area contributed by atoms with Crippen LogP contribution < -0.4 is 10.6 Å². The first-order chi connectivity index (χ1) is 21.1. The van der Waals surface area contributed by atoms with Crippen molar-refractivity contribution in [2.75, 3.05) is 33.9 Å². The number of carbonyl (C=O) groups is 3. The van der Waals surface area contributed by atoms with Crippen LogP contribution in [0.5, 0.6) is 5.75 Å². The van der Waals surface area contributed by atoms with Gasteiger partial charge in [0.25, 0.3) is 0 Å². The van der Waals surface area contributed by atoms with Crippen LogP contribution in [0.1, 0.15) is 55.2 Å². The van der Waals surface area contributed by atoms with Crippen molar-refractivity contribution in [3.05, 3.63) is 76.2 Å². The molecule has 0 aromatic heterocycles. The number of phenolic OH excluding ortho intramolecular Hbond substituents is 1. The first-order valence-corrected chi connectivity index (χ1v) is 14.5. The highest BCUT2D eigenvalue weighted by Gasteiger charge is 2.44. The fourth-order valence-electron chi connectivity index (χ4n) is 6.57. The molecule has 0 radical (unpaired) electrons. The Hall–Kier alpha value is -3.81. The van der Waals surface area contributed by atoms with Gasteiger partial charge in [0.15, 0.2) is 11.6 Å². The first kappa shape index (κ1) is 34.1. The molecule has 244 valence electrons. The molecule has 45 heavy (non-hydrogen) atoms. The lowest BCUT2D eigenvalue weighted by atomic mass is 9.81. The summed E-state index contributed by atoms with van der Waals surface area (Å²) in [4.78, 5) is 42.9. The Bertz CT molecular complexity index is 1470. The largest absolute Gasteiger partial charge is 0.508 e. The third-order valence-electron chi connectivity index (χ3n) is 8.70. The number of benzene rings is 2. The van der Waals surface area contributed by atoms with E-state index in [9.17, 15) is 32.7 Å². The van der Waals surface area contributed by atoms with Crippen LogP contribution in [0, 0.1) is 17.5 Å².